The number of carboxylic acid groups (broad SMARTS) is 1. The number of fused-ring (bicyclic) bond motifs is 2. The van der Waals surface area contributed by atoms with Crippen LogP contribution < -0.4 is 16.4 Å². The number of carbonyl (C=O) groups is 6. The SMILES string of the molecule is C.Cc1cncn1-c1cc(C(=O)Nc2cccc(CCc3ccc4c(C(=O)C[C@@H](C)C(=O)O)n[nH]c4c3)c2)cc(C(F)(F)F)c1.Cc1cncn1-c1cc(C(=O)Nc2cccc(CCc3ccc4c(C(=O)C[C@@H](C)C(N)=O)n[nH]c4c3)c2)cc(C(F)(F)F)c1. The van der Waals surface area contributed by atoms with Gasteiger partial charge in [-0.25, -0.2) is 9.97 Å². The van der Waals surface area contributed by atoms with Gasteiger partial charge in [0.1, 0.15) is 11.4 Å². The number of nitrogens with zero attached hydrogens (tertiary/aromatic N) is 6. The quantitative estimate of drug-likeness (QED) is 0.0309. The van der Waals surface area contributed by atoms with E-state index < -0.39 is 59.0 Å². The van der Waals surface area contributed by atoms with E-state index in [2.05, 4.69) is 41.0 Å². The maximum Gasteiger partial charge on any atom is 0.416 e. The molecule has 0 saturated carbocycles. The van der Waals surface area contributed by atoms with E-state index in [1.807, 2.05) is 42.5 Å². The maximum atomic E-state index is 13.7. The summed E-state index contributed by atoms with van der Waals surface area (Å²) in [6.07, 6.45) is -1.18. The Labute approximate surface area is 505 Å². The van der Waals surface area contributed by atoms with Gasteiger partial charge in [0.2, 0.25) is 5.91 Å². The molecule has 460 valence electrons. The Hall–Kier alpha value is -10.5. The number of nitrogens with two attached hydrogens (primary N) is 1. The molecule has 0 saturated heterocycles. The monoisotopic (exact) mass is 1220 g/mol. The number of hydrogen-bond donors (Lipinski definition) is 6. The van der Waals surface area contributed by atoms with Crippen LogP contribution in [0.1, 0.15) is 121 Å². The van der Waals surface area contributed by atoms with Crippen molar-refractivity contribution in [3.63, 3.8) is 0 Å². The lowest BCUT2D eigenvalue weighted by atomic mass is 9.99. The Morgan fingerprint density at radius 3 is 1.30 bits per heavy atom. The summed E-state index contributed by atoms with van der Waals surface area (Å²) in [4.78, 5) is 81.7. The molecule has 0 bridgehead atoms. The fourth-order valence-corrected chi connectivity index (χ4v) is 9.75. The van der Waals surface area contributed by atoms with E-state index in [0.29, 0.717) is 70.3 Å². The van der Waals surface area contributed by atoms with E-state index in [4.69, 9.17) is 10.8 Å². The number of halogens is 6. The third-order valence-electron chi connectivity index (χ3n) is 14.7. The van der Waals surface area contributed by atoms with Crippen molar-refractivity contribution in [1.82, 2.24) is 39.5 Å². The van der Waals surface area contributed by atoms with Crippen molar-refractivity contribution in [1.29, 1.82) is 0 Å². The molecule has 4 aromatic heterocycles. The van der Waals surface area contributed by atoms with Gasteiger partial charge >= 0.3 is 18.3 Å². The van der Waals surface area contributed by atoms with Gasteiger partial charge in [0.15, 0.2) is 11.6 Å². The van der Waals surface area contributed by atoms with Crippen LogP contribution in [0.2, 0.25) is 0 Å². The third-order valence-corrected chi connectivity index (χ3v) is 14.7. The first-order chi connectivity index (χ1) is 41.8. The number of alkyl halides is 6. The first-order valence-corrected chi connectivity index (χ1v) is 27.5. The van der Waals surface area contributed by atoms with E-state index in [1.165, 1.54) is 53.2 Å². The largest absolute Gasteiger partial charge is 0.481 e. The van der Waals surface area contributed by atoms with E-state index in [-0.39, 0.29) is 65.7 Å². The van der Waals surface area contributed by atoms with E-state index >= 15 is 0 Å². The van der Waals surface area contributed by atoms with Crippen molar-refractivity contribution >= 4 is 68.4 Å². The Balaban J connectivity index is 0.000000228. The summed E-state index contributed by atoms with van der Waals surface area (Å²) >= 11 is 0. The van der Waals surface area contributed by atoms with Crippen molar-refractivity contribution in [2.45, 2.75) is 86.0 Å². The summed E-state index contributed by atoms with van der Waals surface area (Å²) in [5.74, 6) is -4.98. The molecule has 0 aliphatic carbocycles. The van der Waals surface area contributed by atoms with Gasteiger partial charge in [-0.3, -0.25) is 39.0 Å². The number of H-pyrrole nitrogens is 2. The fourth-order valence-electron chi connectivity index (χ4n) is 9.75. The van der Waals surface area contributed by atoms with E-state index in [9.17, 15) is 55.1 Å². The number of aliphatic carboxylic acids is 1. The molecule has 2 atom stereocenters. The van der Waals surface area contributed by atoms with Crippen molar-refractivity contribution in [3.05, 3.63) is 214 Å². The van der Waals surface area contributed by atoms with Crippen molar-refractivity contribution < 1.29 is 60.2 Å². The van der Waals surface area contributed by atoms with Gasteiger partial charge < -0.3 is 30.6 Å². The molecule has 10 rings (SSSR count). The minimum Gasteiger partial charge on any atom is -0.481 e. The number of aromatic nitrogens is 8. The number of benzene rings is 6. The van der Waals surface area contributed by atoms with Gasteiger partial charge in [-0.15, -0.1) is 0 Å². The molecule has 18 nitrogen and oxygen atoms in total. The van der Waals surface area contributed by atoms with E-state index in [1.54, 1.807) is 63.2 Å². The third kappa shape index (κ3) is 15.7. The minimum absolute atomic E-state index is 0. The van der Waals surface area contributed by atoms with Crippen LogP contribution in [-0.4, -0.2) is 79.9 Å². The molecule has 6 aromatic carbocycles. The minimum atomic E-state index is -4.64. The zero-order valence-corrected chi connectivity index (χ0v) is 47.7. The summed E-state index contributed by atoms with van der Waals surface area (Å²) in [5.41, 5.74) is 11.1. The first kappa shape index (κ1) is 64.5. The molecule has 4 heterocycles. The van der Waals surface area contributed by atoms with Gasteiger partial charge in [-0.05, 0) is 135 Å². The number of hydrogen-bond acceptors (Lipinski definition) is 10. The summed E-state index contributed by atoms with van der Waals surface area (Å²) < 4.78 is 84.9. The zero-order chi connectivity index (χ0) is 63.2. The highest BCUT2D eigenvalue weighted by Gasteiger charge is 2.34. The van der Waals surface area contributed by atoms with Gasteiger partial charge in [0.05, 0.1) is 40.7 Å². The molecule has 0 spiro atoms. The van der Waals surface area contributed by atoms with Crippen LogP contribution >= 0.6 is 0 Å². The Morgan fingerprint density at radius 1 is 0.551 bits per heavy atom. The van der Waals surface area contributed by atoms with Crippen molar-refractivity contribution in [2.24, 2.45) is 17.6 Å². The van der Waals surface area contributed by atoms with Crippen LogP contribution in [0.4, 0.5) is 37.7 Å². The number of aryl methyl sites for hydroxylation is 6. The highest BCUT2D eigenvalue weighted by molar-refractivity contribution is 6.08. The molecule has 89 heavy (non-hydrogen) atoms. The van der Waals surface area contributed by atoms with Gasteiger partial charge in [-0.1, -0.05) is 69.8 Å². The lowest BCUT2D eigenvalue weighted by Gasteiger charge is -2.14. The average Bonchev–Trinajstić information content (AvgIpc) is 3.49. The molecule has 0 radical (unpaired) electrons. The smallest absolute Gasteiger partial charge is 0.416 e. The molecule has 10 aromatic rings. The second-order valence-corrected chi connectivity index (χ2v) is 21.4. The number of aromatic amines is 2. The molecule has 3 amide bonds. The second kappa shape index (κ2) is 27.0. The summed E-state index contributed by atoms with van der Waals surface area (Å²) in [7, 11) is 0. The lowest BCUT2D eigenvalue weighted by molar-refractivity contribution is -0.141. The summed E-state index contributed by atoms with van der Waals surface area (Å²) in [6, 6.07) is 31.7. The standard InChI is InChI=1S/C32H29F3N6O3.C32H28F3N5O4.CH4/c1-18(30(36)43)10-28(42)29-26-9-8-21(12-27(26)39-40-29)7-6-20-4-3-5-24(11-20)38-31(44)22-13-23(32(33,34)35)15-25(14-22)41-17-37-16-19(41)2;1-18(31(43)44)10-28(41)29-26-9-8-21(12-27(26)38-39-29)7-6-20-4-3-5-24(11-20)37-30(42)22-13-23(32(33,34)35)15-25(14-22)40-17-36-16-19(40)2;/h3-5,8-9,11-18H,6-7,10H2,1-2H3,(H2,36,43)(H,38,44)(H,39,40);3-5,8-9,11-18H,6-7,10H2,1-2H3,(H,37,42)(H,38,39)(H,43,44);1H4/t2*18-;/m11./s1. The maximum absolute atomic E-state index is 13.7. The number of carbonyl (C=O) groups excluding carboxylic acids is 5. The molecule has 24 heteroatoms. The molecule has 0 aliphatic heterocycles. The molecule has 0 aliphatic rings. The van der Waals surface area contributed by atoms with Crippen LogP contribution in [0, 0.1) is 25.7 Å². The fraction of sp³-hybridized carbons (Fsp3) is 0.231. The Bertz CT molecular complexity index is 4020. The zero-order valence-electron chi connectivity index (χ0n) is 47.7. The number of rotatable bonds is 20. The first-order valence-electron chi connectivity index (χ1n) is 27.5. The van der Waals surface area contributed by atoms with Crippen LogP contribution in [0.15, 0.2) is 146 Å². The number of primary amides is 1. The summed E-state index contributed by atoms with van der Waals surface area (Å²) in [6.45, 7) is 6.48. The molecular formula is C65H61F6N11O7. The molecular weight excluding hydrogens is 1160 g/mol. The number of carboxylic acids is 1. The topological polar surface area (TPSA) is 266 Å². The second-order valence-electron chi connectivity index (χ2n) is 21.4. The van der Waals surface area contributed by atoms with Crippen molar-refractivity contribution in [2.75, 3.05) is 10.6 Å². The molecule has 0 fully saturated rings. The highest BCUT2D eigenvalue weighted by atomic mass is 19.4. The van der Waals surface area contributed by atoms with Crippen LogP contribution in [0.3, 0.4) is 0 Å². The predicted molar refractivity (Wildman–Crippen MR) is 322 cm³/mol. The number of nitrogens with one attached hydrogen (secondary N) is 4. The van der Waals surface area contributed by atoms with Gasteiger partial charge in [0, 0.05) is 87.2 Å². The van der Waals surface area contributed by atoms with Crippen molar-refractivity contribution in [3.8, 4) is 11.4 Å². The van der Waals surface area contributed by atoms with Gasteiger partial charge in [0.25, 0.3) is 11.8 Å². The Kier molecular flexibility index (Phi) is 19.6. The van der Waals surface area contributed by atoms with E-state index in [0.717, 1.165) is 46.5 Å². The van der Waals surface area contributed by atoms with Crippen LogP contribution in [0.5, 0.6) is 0 Å². The number of Topliss-reactive ketones (excluding diaryl/α,β-unsaturated/α-hetero) is 2. The Morgan fingerprint density at radius 2 is 0.944 bits per heavy atom. The average molecular weight is 1220 g/mol. The molecule has 7 N–H and O–H groups in total. The van der Waals surface area contributed by atoms with Gasteiger partial charge in [-0.2, -0.15) is 36.5 Å². The molecule has 0 unspecified atom stereocenters. The van der Waals surface area contributed by atoms with Crippen LogP contribution in [-0.2, 0) is 47.6 Å². The normalized spacial score (nSPS) is 12.2. The number of imidazole rings is 2. The summed E-state index contributed by atoms with van der Waals surface area (Å²) in [5, 5.41) is 29.7. The number of anilines is 2. The van der Waals surface area contributed by atoms with Crippen LogP contribution in [0.25, 0.3) is 33.2 Å². The number of amides is 3. The number of ketones is 2. The predicted octanol–water partition coefficient (Wildman–Crippen LogP) is 12.9. The highest BCUT2D eigenvalue weighted by Crippen LogP contribution is 2.34. The lowest BCUT2D eigenvalue weighted by Crippen LogP contribution is -2.23.